The first-order chi connectivity index (χ1) is 12.9. The number of carboxylic acids is 1. The summed E-state index contributed by atoms with van der Waals surface area (Å²) < 4.78 is 0.787. The Morgan fingerprint density at radius 3 is 2.67 bits per heavy atom. The summed E-state index contributed by atoms with van der Waals surface area (Å²) in [7, 11) is 0. The molecule has 0 fully saturated rings. The van der Waals surface area contributed by atoms with Crippen molar-refractivity contribution in [2.24, 2.45) is 10.2 Å². The first-order valence-corrected chi connectivity index (χ1v) is 9.72. The fourth-order valence-corrected chi connectivity index (χ4v) is 3.73. The summed E-state index contributed by atoms with van der Waals surface area (Å²) in [4.78, 5) is 14.9. The Kier molecular flexibility index (Phi) is 6.38. The molecule has 1 heterocycles. The van der Waals surface area contributed by atoms with Crippen molar-refractivity contribution in [1.82, 2.24) is 10.3 Å². The number of carboxylic acid groups (broad SMARTS) is 1. The van der Waals surface area contributed by atoms with E-state index in [4.69, 9.17) is 28.3 Å². The van der Waals surface area contributed by atoms with Gasteiger partial charge in [0.2, 0.25) is 5.13 Å². The van der Waals surface area contributed by atoms with Gasteiger partial charge in [-0.15, -0.1) is 10.2 Å². The average Bonchev–Trinajstić information content (AvgIpc) is 3.07. The second-order valence-corrected chi connectivity index (χ2v) is 7.58. The van der Waals surface area contributed by atoms with E-state index in [0.29, 0.717) is 27.4 Å². The summed E-state index contributed by atoms with van der Waals surface area (Å²) in [6.45, 7) is 2.40. The molecule has 1 aromatic heterocycles. The van der Waals surface area contributed by atoms with Gasteiger partial charge in [0.25, 0.3) is 0 Å². The average molecular weight is 423 g/mol. The lowest BCUT2D eigenvalue weighted by Crippen LogP contribution is -2.21. The molecule has 0 spiro atoms. The van der Waals surface area contributed by atoms with Crippen LogP contribution in [0.2, 0.25) is 10.0 Å². The molecule has 3 aromatic rings. The van der Waals surface area contributed by atoms with Crippen molar-refractivity contribution >= 4 is 61.5 Å². The zero-order valence-electron chi connectivity index (χ0n) is 14.3. The number of aromatic nitrogens is 1. The third-order valence-electron chi connectivity index (χ3n) is 3.87. The van der Waals surface area contributed by atoms with Crippen LogP contribution in [-0.4, -0.2) is 22.6 Å². The molecule has 1 atom stereocenters. The van der Waals surface area contributed by atoms with E-state index in [1.54, 1.807) is 12.1 Å². The van der Waals surface area contributed by atoms with E-state index in [-0.39, 0.29) is 12.5 Å². The molecule has 2 aromatic carbocycles. The quantitative estimate of drug-likeness (QED) is 0.447. The van der Waals surface area contributed by atoms with Crippen LogP contribution >= 0.6 is 34.5 Å². The number of carbonyl (C=O) groups is 1. The molecule has 0 bridgehead atoms. The van der Waals surface area contributed by atoms with Crippen LogP contribution in [-0.2, 0) is 4.79 Å². The van der Waals surface area contributed by atoms with E-state index < -0.39 is 5.97 Å². The number of benzene rings is 2. The van der Waals surface area contributed by atoms with Gasteiger partial charge in [0, 0.05) is 12.6 Å². The van der Waals surface area contributed by atoms with Gasteiger partial charge in [-0.05, 0) is 36.8 Å². The van der Waals surface area contributed by atoms with Crippen LogP contribution in [0.5, 0.6) is 0 Å². The number of nitrogens with one attached hydrogen (secondary N) is 1. The number of fused-ring (bicyclic) bond motifs is 1. The van der Waals surface area contributed by atoms with E-state index in [0.717, 1.165) is 15.8 Å². The highest BCUT2D eigenvalue weighted by Crippen LogP contribution is 2.37. The fraction of sp³-hybridized carbons (Fsp3) is 0.222. The first kappa shape index (κ1) is 19.7. The lowest BCUT2D eigenvalue weighted by Gasteiger charge is -2.13. The van der Waals surface area contributed by atoms with Gasteiger partial charge < -0.3 is 10.4 Å². The highest BCUT2D eigenvalue weighted by molar-refractivity contribution is 7.22. The maximum Gasteiger partial charge on any atom is 0.304 e. The maximum absolute atomic E-state index is 10.6. The molecular weight excluding hydrogens is 407 g/mol. The van der Waals surface area contributed by atoms with Crippen molar-refractivity contribution in [2.45, 2.75) is 19.4 Å². The Hall–Kier alpha value is -2.06. The molecule has 0 aliphatic heterocycles. The van der Waals surface area contributed by atoms with Crippen molar-refractivity contribution in [3.05, 3.63) is 52.0 Å². The molecule has 0 saturated heterocycles. The van der Waals surface area contributed by atoms with E-state index in [1.807, 2.05) is 31.2 Å². The molecule has 9 heteroatoms. The van der Waals surface area contributed by atoms with E-state index >= 15 is 0 Å². The summed E-state index contributed by atoms with van der Waals surface area (Å²) in [6, 6.07) is 11.1. The molecule has 6 nitrogen and oxygen atoms in total. The van der Waals surface area contributed by atoms with E-state index in [2.05, 4.69) is 20.5 Å². The van der Waals surface area contributed by atoms with Gasteiger partial charge in [-0.1, -0.05) is 46.7 Å². The van der Waals surface area contributed by atoms with Crippen molar-refractivity contribution in [2.75, 3.05) is 6.54 Å². The summed E-state index contributed by atoms with van der Waals surface area (Å²) >= 11 is 13.5. The van der Waals surface area contributed by atoms with Gasteiger partial charge in [0.1, 0.15) is 0 Å². The minimum Gasteiger partial charge on any atom is -0.481 e. The van der Waals surface area contributed by atoms with Gasteiger partial charge in [0.05, 0.1) is 32.4 Å². The van der Waals surface area contributed by atoms with Crippen LogP contribution in [0.3, 0.4) is 0 Å². The molecule has 0 amide bonds. The summed E-state index contributed by atoms with van der Waals surface area (Å²) in [5.41, 5.74) is 2.47. The van der Waals surface area contributed by atoms with Gasteiger partial charge in [0.15, 0.2) is 0 Å². The third-order valence-corrected chi connectivity index (χ3v) is 5.76. The second-order valence-electron chi connectivity index (χ2n) is 5.82. The van der Waals surface area contributed by atoms with Crippen LogP contribution in [0, 0.1) is 0 Å². The Bertz CT molecular complexity index is 989. The van der Waals surface area contributed by atoms with Crippen molar-refractivity contribution in [1.29, 1.82) is 0 Å². The smallest absolute Gasteiger partial charge is 0.304 e. The van der Waals surface area contributed by atoms with Gasteiger partial charge in [-0.2, -0.15) is 0 Å². The first-order valence-electron chi connectivity index (χ1n) is 8.15. The van der Waals surface area contributed by atoms with Crippen LogP contribution in [0.25, 0.3) is 10.2 Å². The van der Waals surface area contributed by atoms with Crippen molar-refractivity contribution < 1.29 is 9.90 Å². The minimum atomic E-state index is -0.816. The molecule has 27 heavy (non-hydrogen) atoms. The van der Waals surface area contributed by atoms with Crippen LogP contribution in [0.1, 0.15) is 24.9 Å². The van der Waals surface area contributed by atoms with Crippen molar-refractivity contribution in [3.8, 4) is 0 Å². The lowest BCUT2D eigenvalue weighted by molar-refractivity contribution is -0.136. The molecule has 2 N–H and O–H groups in total. The molecule has 0 radical (unpaired) electrons. The number of hydrogen-bond acceptors (Lipinski definition) is 6. The number of halogens is 2. The predicted octanol–water partition coefficient (Wildman–Crippen LogP) is 6.14. The van der Waals surface area contributed by atoms with Gasteiger partial charge in [-0.3, -0.25) is 4.79 Å². The molecule has 0 aliphatic rings. The monoisotopic (exact) mass is 422 g/mol. The minimum absolute atomic E-state index is 0.0477. The van der Waals surface area contributed by atoms with Gasteiger partial charge in [-0.25, -0.2) is 4.98 Å². The Labute approximate surface area is 169 Å². The fourth-order valence-electron chi connectivity index (χ4n) is 2.41. The number of thiazole rings is 1. The SMILES string of the molecule is CC(NCCC(=O)O)c1ccc(N=Nc2nc3ccc(Cl)c(Cl)c3s2)cc1. The van der Waals surface area contributed by atoms with E-state index in [9.17, 15) is 4.79 Å². The summed E-state index contributed by atoms with van der Waals surface area (Å²) in [6.07, 6.45) is 0.0913. The number of hydrogen-bond donors (Lipinski definition) is 2. The molecule has 0 saturated carbocycles. The summed E-state index contributed by atoms with van der Waals surface area (Å²) in [5.74, 6) is -0.816. The topological polar surface area (TPSA) is 86.9 Å². The number of azo groups is 1. The van der Waals surface area contributed by atoms with Crippen molar-refractivity contribution in [3.63, 3.8) is 0 Å². The lowest BCUT2D eigenvalue weighted by atomic mass is 10.1. The summed E-state index contributed by atoms with van der Waals surface area (Å²) in [5, 5.41) is 21.7. The normalized spacial score (nSPS) is 12.7. The molecule has 140 valence electrons. The Morgan fingerprint density at radius 2 is 1.96 bits per heavy atom. The zero-order chi connectivity index (χ0) is 19.4. The third kappa shape index (κ3) is 5.01. The molecule has 1 unspecified atom stereocenters. The van der Waals surface area contributed by atoms with Crippen LogP contribution in [0.4, 0.5) is 10.8 Å². The Morgan fingerprint density at radius 1 is 1.22 bits per heavy atom. The largest absolute Gasteiger partial charge is 0.481 e. The second kappa shape index (κ2) is 8.75. The van der Waals surface area contributed by atoms with E-state index in [1.165, 1.54) is 11.3 Å². The Balaban J connectivity index is 1.67. The predicted molar refractivity (Wildman–Crippen MR) is 109 cm³/mol. The molecule has 0 aliphatic carbocycles. The number of aliphatic carboxylic acids is 1. The number of nitrogens with zero attached hydrogens (tertiary/aromatic N) is 3. The molecular formula is C18H16Cl2N4O2S. The molecule has 3 rings (SSSR count). The maximum atomic E-state index is 10.6. The highest BCUT2D eigenvalue weighted by Gasteiger charge is 2.10. The van der Waals surface area contributed by atoms with Crippen LogP contribution < -0.4 is 5.32 Å². The van der Waals surface area contributed by atoms with Crippen LogP contribution in [0.15, 0.2) is 46.6 Å². The van der Waals surface area contributed by atoms with Gasteiger partial charge >= 0.3 is 5.97 Å². The highest BCUT2D eigenvalue weighted by atomic mass is 35.5. The number of rotatable bonds is 7. The standard InChI is InChI=1S/C18H16Cl2N4O2S/c1-10(21-9-8-15(25)26)11-2-4-12(5-3-11)23-24-18-22-14-7-6-13(19)16(20)17(14)27-18/h2-7,10,21H,8-9H2,1H3,(H,25,26). The zero-order valence-corrected chi connectivity index (χ0v) is 16.6.